The van der Waals surface area contributed by atoms with Crippen LogP contribution in [0.5, 0.6) is 0 Å². The van der Waals surface area contributed by atoms with Crippen molar-refractivity contribution >= 4 is 46.4 Å². The zero-order valence-corrected chi connectivity index (χ0v) is 12.7. The van der Waals surface area contributed by atoms with E-state index in [0.717, 1.165) is 0 Å². The minimum atomic E-state index is -0.170. The first kappa shape index (κ1) is 14.6. The summed E-state index contributed by atoms with van der Waals surface area (Å²) >= 11 is 17.2. The van der Waals surface area contributed by atoms with Gasteiger partial charge in [0.05, 0.1) is 11.6 Å². The number of hydrogen-bond donors (Lipinski definition) is 1. The van der Waals surface area contributed by atoms with Gasteiger partial charge in [0.2, 0.25) is 5.91 Å². The topological polar surface area (TPSA) is 42.0 Å². The summed E-state index contributed by atoms with van der Waals surface area (Å²) in [6.45, 7) is 4.00. The summed E-state index contributed by atoms with van der Waals surface area (Å²) in [7, 11) is 0. The molecule has 0 bridgehead atoms. The van der Waals surface area contributed by atoms with Gasteiger partial charge in [-0.25, -0.2) is 4.98 Å². The Labute approximate surface area is 126 Å². The number of carbonyl (C=O) groups excluding carboxylic acids is 1. The molecule has 1 heterocycles. The summed E-state index contributed by atoms with van der Waals surface area (Å²) in [5, 5.41) is 3.06. The second-order valence-corrected chi connectivity index (χ2v) is 6.48. The predicted octanol–water partition coefficient (Wildman–Crippen LogP) is 4.26. The molecule has 2 atom stereocenters. The molecule has 0 aliphatic heterocycles. The molecule has 2 unspecified atom stereocenters. The second-order valence-electron chi connectivity index (χ2n) is 5.11. The molecule has 1 aromatic rings. The van der Waals surface area contributed by atoms with Gasteiger partial charge in [-0.15, -0.1) is 0 Å². The number of hydrogen-bond acceptors (Lipinski definition) is 2. The van der Waals surface area contributed by atoms with Crippen molar-refractivity contribution in [3.8, 4) is 0 Å². The maximum absolute atomic E-state index is 12.2. The fourth-order valence-electron chi connectivity index (χ4n) is 2.32. The van der Waals surface area contributed by atoms with E-state index in [1.807, 2.05) is 13.8 Å². The van der Waals surface area contributed by atoms with Gasteiger partial charge in [0, 0.05) is 6.20 Å². The van der Waals surface area contributed by atoms with Crippen LogP contribution < -0.4 is 5.32 Å². The zero-order chi connectivity index (χ0) is 14.2. The SMILES string of the molecule is CC1(C)C(C=C(Cl)Cl)C1C(=O)Nc1cccnc1Cl. The number of nitrogens with zero attached hydrogens (tertiary/aromatic N) is 1. The molecule has 102 valence electrons. The van der Waals surface area contributed by atoms with E-state index in [1.54, 1.807) is 24.4 Å². The Morgan fingerprint density at radius 2 is 2.16 bits per heavy atom. The van der Waals surface area contributed by atoms with E-state index < -0.39 is 0 Å². The minimum absolute atomic E-state index is 0.0351. The van der Waals surface area contributed by atoms with Crippen LogP contribution in [0.25, 0.3) is 0 Å². The third-order valence-corrected chi connectivity index (χ3v) is 4.07. The summed E-state index contributed by atoms with van der Waals surface area (Å²) < 4.78 is 0.188. The summed E-state index contributed by atoms with van der Waals surface area (Å²) in [5.74, 6) is -0.236. The number of pyridine rings is 1. The van der Waals surface area contributed by atoms with E-state index in [2.05, 4.69) is 10.3 Å². The molecule has 1 aliphatic rings. The summed E-state index contributed by atoms with van der Waals surface area (Å²) in [6.07, 6.45) is 3.27. The lowest BCUT2D eigenvalue weighted by atomic mass is 10.1. The zero-order valence-electron chi connectivity index (χ0n) is 10.5. The standard InChI is InChI=1S/C13H13Cl3N2O/c1-13(2)7(6-9(14)15)10(13)12(19)18-8-4-3-5-17-11(8)16/h3-7,10H,1-2H3,(H,18,19). The second kappa shape index (κ2) is 5.31. The Balaban J connectivity index is 2.10. The molecule has 1 aliphatic carbocycles. The molecule has 1 fully saturated rings. The lowest BCUT2D eigenvalue weighted by Gasteiger charge is -2.06. The van der Waals surface area contributed by atoms with Crippen LogP contribution in [-0.2, 0) is 4.79 Å². The van der Waals surface area contributed by atoms with Crippen molar-refractivity contribution in [3.05, 3.63) is 34.1 Å². The largest absolute Gasteiger partial charge is 0.323 e. The summed E-state index contributed by atoms with van der Waals surface area (Å²) in [6, 6.07) is 3.43. The first-order chi connectivity index (χ1) is 8.84. The number of halogens is 3. The van der Waals surface area contributed by atoms with Crippen molar-refractivity contribution in [2.45, 2.75) is 13.8 Å². The number of amides is 1. The van der Waals surface area contributed by atoms with Gasteiger partial charge in [0.1, 0.15) is 4.49 Å². The molecule has 0 saturated heterocycles. The molecule has 2 rings (SSSR count). The van der Waals surface area contributed by atoms with Crippen LogP contribution in [0.15, 0.2) is 28.9 Å². The Morgan fingerprint density at radius 3 is 2.74 bits per heavy atom. The van der Waals surface area contributed by atoms with Crippen LogP contribution in [0, 0.1) is 17.3 Å². The Kier molecular flexibility index (Phi) is 4.09. The molecule has 19 heavy (non-hydrogen) atoms. The highest BCUT2D eigenvalue weighted by atomic mass is 35.5. The lowest BCUT2D eigenvalue weighted by molar-refractivity contribution is -0.118. The monoisotopic (exact) mass is 318 g/mol. The van der Waals surface area contributed by atoms with E-state index in [4.69, 9.17) is 34.8 Å². The van der Waals surface area contributed by atoms with Crippen LogP contribution >= 0.6 is 34.8 Å². The van der Waals surface area contributed by atoms with Crippen molar-refractivity contribution in [1.29, 1.82) is 0 Å². The van der Waals surface area contributed by atoms with Crippen molar-refractivity contribution in [2.24, 2.45) is 17.3 Å². The molecule has 0 spiro atoms. The Morgan fingerprint density at radius 1 is 1.47 bits per heavy atom. The van der Waals surface area contributed by atoms with E-state index in [9.17, 15) is 4.79 Å². The molecule has 0 aromatic carbocycles. The number of allylic oxidation sites excluding steroid dienone is 1. The molecule has 0 radical (unpaired) electrons. The van der Waals surface area contributed by atoms with Crippen LogP contribution in [0.3, 0.4) is 0 Å². The van der Waals surface area contributed by atoms with E-state index in [0.29, 0.717) is 5.69 Å². The molecular weight excluding hydrogens is 307 g/mol. The molecule has 6 heteroatoms. The summed E-state index contributed by atoms with van der Waals surface area (Å²) in [4.78, 5) is 16.1. The van der Waals surface area contributed by atoms with Gasteiger partial charge in [-0.3, -0.25) is 4.79 Å². The number of nitrogens with one attached hydrogen (secondary N) is 1. The Hall–Kier alpha value is -0.770. The van der Waals surface area contributed by atoms with Gasteiger partial charge >= 0.3 is 0 Å². The number of aromatic nitrogens is 1. The van der Waals surface area contributed by atoms with Crippen molar-refractivity contribution in [2.75, 3.05) is 5.32 Å². The summed E-state index contributed by atoms with van der Waals surface area (Å²) in [5.41, 5.74) is 0.352. The minimum Gasteiger partial charge on any atom is -0.323 e. The maximum atomic E-state index is 12.2. The maximum Gasteiger partial charge on any atom is 0.228 e. The third-order valence-electron chi connectivity index (χ3n) is 3.52. The number of rotatable bonds is 3. The smallest absolute Gasteiger partial charge is 0.228 e. The molecule has 1 saturated carbocycles. The van der Waals surface area contributed by atoms with Crippen molar-refractivity contribution < 1.29 is 4.79 Å². The highest BCUT2D eigenvalue weighted by molar-refractivity contribution is 6.55. The average molecular weight is 320 g/mol. The van der Waals surface area contributed by atoms with Gasteiger partial charge in [-0.2, -0.15) is 0 Å². The van der Waals surface area contributed by atoms with Crippen molar-refractivity contribution in [3.63, 3.8) is 0 Å². The molecule has 1 N–H and O–H groups in total. The fourth-order valence-corrected chi connectivity index (χ4v) is 2.75. The lowest BCUT2D eigenvalue weighted by Crippen LogP contribution is -2.17. The van der Waals surface area contributed by atoms with Crippen LogP contribution in [0.1, 0.15) is 13.8 Å². The van der Waals surface area contributed by atoms with Crippen molar-refractivity contribution in [1.82, 2.24) is 4.98 Å². The molecule has 1 aromatic heterocycles. The van der Waals surface area contributed by atoms with Gasteiger partial charge in [-0.05, 0) is 29.5 Å². The van der Waals surface area contributed by atoms with Gasteiger partial charge in [0.25, 0.3) is 0 Å². The molecule has 3 nitrogen and oxygen atoms in total. The predicted molar refractivity (Wildman–Crippen MR) is 78.4 cm³/mol. The van der Waals surface area contributed by atoms with Crippen LogP contribution in [0.2, 0.25) is 5.15 Å². The van der Waals surface area contributed by atoms with E-state index >= 15 is 0 Å². The van der Waals surface area contributed by atoms with Crippen LogP contribution in [-0.4, -0.2) is 10.9 Å². The first-order valence-electron chi connectivity index (χ1n) is 5.78. The fraction of sp³-hybridized carbons (Fsp3) is 0.385. The third kappa shape index (κ3) is 3.04. The quantitative estimate of drug-likeness (QED) is 0.846. The van der Waals surface area contributed by atoms with E-state index in [-0.39, 0.29) is 32.8 Å². The number of anilines is 1. The molecule has 1 amide bonds. The van der Waals surface area contributed by atoms with E-state index in [1.165, 1.54) is 0 Å². The highest BCUT2D eigenvalue weighted by Crippen LogP contribution is 2.60. The van der Waals surface area contributed by atoms with Gasteiger partial charge in [-0.1, -0.05) is 48.7 Å². The normalized spacial score (nSPS) is 23.6. The van der Waals surface area contributed by atoms with Crippen LogP contribution in [0.4, 0.5) is 5.69 Å². The highest BCUT2D eigenvalue weighted by Gasteiger charge is 2.60. The average Bonchev–Trinajstić information content (AvgIpc) is 2.82. The van der Waals surface area contributed by atoms with Gasteiger partial charge in [0.15, 0.2) is 5.15 Å². The number of carbonyl (C=O) groups is 1. The Bertz CT molecular complexity index is 538. The molecular formula is C13H13Cl3N2O. The van der Waals surface area contributed by atoms with Gasteiger partial charge < -0.3 is 5.32 Å². The first-order valence-corrected chi connectivity index (χ1v) is 6.91.